The first kappa shape index (κ1) is 15.6. The smallest absolute Gasteiger partial charge is 0.0642 e. The van der Waals surface area contributed by atoms with Gasteiger partial charge in [-0.25, -0.2) is 0 Å². The van der Waals surface area contributed by atoms with Gasteiger partial charge in [0, 0.05) is 25.7 Å². The number of hydrogen-bond donors (Lipinski definition) is 1. The van der Waals surface area contributed by atoms with Crippen molar-refractivity contribution in [2.75, 3.05) is 39.6 Å². The van der Waals surface area contributed by atoms with Crippen molar-refractivity contribution in [1.29, 1.82) is 0 Å². The van der Waals surface area contributed by atoms with Gasteiger partial charge in [0.25, 0.3) is 0 Å². The van der Waals surface area contributed by atoms with E-state index in [-0.39, 0.29) is 0 Å². The molecule has 4 heteroatoms. The van der Waals surface area contributed by atoms with Crippen molar-refractivity contribution in [1.82, 2.24) is 10.2 Å². The number of anilines is 1. The molecule has 0 unspecified atom stereocenters. The maximum absolute atomic E-state index is 6.45. The number of nitrogens with zero attached hydrogens (tertiary/aromatic N) is 2. The van der Waals surface area contributed by atoms with Gasteiger partial charge in [0.15, 0.2) is 0 Å². The number of rotatable bonds is 6. The molecule has 1 aromatic rings. The second kappa shape index (κ2) is 6.33. The summed E-state index contributed by atoms with van der Waals surface area (Å²) in [5.41, 5.74) is 2.73. The highest BCUT2D eigenvalue weighted by atomic mass is 35.5. The molecule has 0 spiro atoms. The van der Waals surface area contributed by atoms with Crippen molar-refractivity contribution >= 4 is 17.3 Å². The van der Waals surface area contributed by atoms with Crippen LogP contribution in [0.4, 0.5) is 5.69 Å². The first-order valence-corrected chi connectivity index (χ1v) is 7.68. The number of nitrogens with one attached hydrogen (secondary N) is 1. The van der Waals surface area contributed by atoms with Crippen molar-refractivity contribution in [2.24, 2.45) is 0 Å². The average molecular weight is 296 g/mol. The fourth-order valence-corrected chi connectivity index (χ4v) is 3.51. The van der Waals surface area contributed by atoms with E-state index in [4.69, 9.17) is 11.6 Å². The first-order valence-electron chi connectivity index (χ1n) is 7.31. The van der Waals surface area contributed by atoms with E-state index < -0.39 is 0 Å². The molecule has 0 aliphatic heterocycles. The lowest BCUT2D eigenvalue weighted by Crippen LogP contribution is -2.56. The minimum absolute atomic E-state index is 0.310. The van der Waals surface area contributed by atoms with E-state index in [2.05, 4.69) is 42.3 Å². The van der Waals surface area contributed by atoms with Crippen LogP contribution < -0.4 is 10.2 Å². The van der Waals surface area contributed by atoms with E-state index in [1.165, 1.54) is 24.8 Å². The summed E-state index contributed by atoms with van der Waals surface area (Å²) in [4.78, 5) is 4.70. The molecule has 1 saturated carbocycles. The minimum Gasteiger partial charge on any atom is -0.371 e. The summed E-state index contributed by atoms with van der Waals surface area (Å²) in [6, 6.07) is 6.16. The van der Waals surface area contributed by atoms with Gasteiger partial charge in [0.05, 0.1) is 10.7 Å². The SMILES string of the molecule is CNCc1cccc(Cl)c1N(C)CC1(N(C)C)CCC1. The van der Waals surface area contributed by atoms with Gasteiger partial charge in [-0.2, -0.15) is 0 Å². The number of para-hydroxylation sites is 1. The fraction of sp³-hybridized carbons (Fsp3) is 0.625. The first-order chi connectivity index (χ1) is 9.50. The Morgan fingerprint density at radius 2 is 1.95 bits per heavy atom. The molecule has 0 aromatic heterocycles. The molecular formula is C16H26ClN3. The van der Waals surface area contributed by atoms with Crippen molar-refractivity contribution < 1.29 is 0 Å². The van der Waals surface area contributed by atoms with Crippen LogP contribution in [0, 0.1) is 0 Å². The Morgan fingerprint density at radius 1 is 1.25 bits per heavy atom. The van der Waals surface area contributed by atoms with Crippen LogP contribution in [0.15, 0.2) is 18.2 Å². The molecule has 20 heavy (non-hydrogen) atoms. The van der Waals surface area contributed by atoms with E-state index >= 15 is 0 Å². The Kier molecular flexibility index (Phi) is 4.95. The van der Waals surface area contributed by atoms with E-state index in [0.29, 0.717) is 5.54 Å². The van der Waals surface area contributed by atoms with Crippen LogP contribution in [0.1, 0.15) is 24.8 Å². The summed E-state index contributed by atoms with van der Waals surface area (Å²) >= 11 is 6.45. The highest BCUT2D eigenvalue weighted by Crippen LogP contribution is 2.39. The molecule has 1 N–H and O–H groups in total. The van der Waals surface area contributed by atoms with E-state index in [1.54, 1.807) is 0 Å². The zero-order chi connectivity index (χ0) is 14.8. The van der Waals surface area contributed by atoms with Gasteiger partial charge in [0.1, 0.15) is 0 Å². The summed E-state index contributed by atoms with van der Waals surface area (Å²) in [6.45, 7) is 1.87. The third-order valence-electron chi connectivity index (χ3n) is 4.58. The van der Waals surface area contributed by atoms with Crippen molar-refractivity contribution in [3.05, 3.63) is 28.8 Å². The van der Waals surface area contributed by atoms with Gasteiger partial charge in [0.2, 0.25) is 0 Å². The summed E-state index contributed by atoms with van der Waals surface area (Å²) < 4.78 is 0. The van der Waals surface area contributed by atoms with Gasteiger partial charge >= 0.3 is 0 Å². The number of benzene rings is 1. The predicted octanol–water partition coefficient (Wildman–Crippen LogP) is 2.98. The topological polar surface area (TPSA) is 18.5 Å². The summed E-state index contributed by atoms with van der Waals surface area (Å²) in [5, 5.41) is 4.07. The zero-order valence-electron chi connectivity index (χ0n) is 13.0. The van der Waals surface area contributed by atoms with Crippen LogP contribution in [0.2, 0.25) is 5.02 Å². The summed E-state index contributed by atoms with van der Waals surface area (Å²) in [7, 11) is 8.50. The Morgan fingerprint density at radius 3 is 2.45 bits per heavy atom. The molecule has 112 valence electrons. The van der Waals surface area contributed by atoms with Crippen LogP contribution in [-0.4, -0.2) is 45.2 Å². The fourth-order valence-electron chi connectivity index (χ4n) is 3.17. The third kappa shape index (κ3) is 2.95. The lowest BCUT2D eigenvalue weighted by molar-refractivity contribution is 0.0683. The summed E-state index contributed by atoms with van der Waals surface area (Å²) in [5.74, 6) is 0. The maximum Gasteiger partial charge on any atom is 0.0642 e. The Hall–Kier alpha value is -0.770. The highest BCUT2D eigenvalue weighted by Gasteiger charge is 2.40. The molecule has 3 nitrogen and oxygen atoms in total. The van der Waals surface area contributed by atoms with E-state index in [9.17, 15) is 0 Å². The maximum atomic E-state index is 6.45. The predicted molar refractivity (Wildman–Crippen MR) is 87.8 cm³/mol. The molecule has 0 saturated heterocycles. The summed E-state index contributed by atoms with van der Waals surface area (Å²) in [6.07, 6.45) is 3.88. The van der Waals surface area contributed by atoms with Crippen molar-refractivity contribution in [3.63, 3.8) is 0 Å². The van der Waals surface area contributed by atoms with Crippen LogP contribution >= 0.6 is 11.6 Å². The molecule has 0 atom stereocenters. The van der Waals surface area contributed by atoms with E-state index in [1.807, 2.05) is 19.2 Å². The number of halogens is 1. The van der Waals surface area contributed by atoms with Crippen LogP contribution in [0.5, 0.6) is 0 Å². The molecule has 0 radical (unpaired) electrons. The largest absolute Gasteiger partial charge is 0.371 e. The molecular weight excluding hydrogens is 270 g/mol. The van der Waals surface area contributed by atoms with Crippen LogP contribution in [0.25, 0.3) is 0 Å². The Balaban J connectivity index is 2.22. The standard InChI is InChI=1S/C16H26ClN3/c1-18-11-13-7-5-8-14(17)15(13)20(4)12-16(19(2)3)9-6-10-16/h5,7-8,18H,6,9-12H2,1-4H3. The molecule has 2 rings (SSSR count). The molecule has 0 bridgehead atoms. The average Bonchev–Trinajstić information content (AvgIpc) is 2.33. The second-order valence-corrected chi connectivity index (χ2v) is 6.51. The van der Waals surface area contributed by atoms with Crippen molar-refractivity contribution in [3.8, 4) is 0 Å². The normalized spacial score (nSPS) is 17.1. The monoisotopic (exact) mass is 295 g/mol. The van der Waals surface area contributed by atoms with E-state index in [0.717, 1.165) is 23.8 Å². The van der Waals surface area contributed by atoms with Gasteiger partial charge < -0.3 is 15.1 Å². The molecule has 1 aromatic carbocycles. The number of likely N-dealkylation sites (N-methyl/N-ethyl adjacent to an activating group) is 2. The molecule has 1 aliphatic rings. The number of hydrogen-bond acceptors (Lipinski definition) is 3. The third-order valence-corrected chi connectivity index (χ3v) is 4.89. The Labute approximate surface area is 127 Å². The highest BCUT2D eigenvalue weighted by molar-refractivity contribution is 6.33. The minimum atomic E-state index is 0.310. The van der Waals surface area contributed by atoms with Gasteiger partial charge in [-0.3, -0.25) is 0 Å². The molecule has 1 aliphatic carbocycles. The zero-order valence-corrected chi connectivity index (χ0v) is 13.8. The molecule has 1 fully saturated rings. The quantitative estimate of drug-likeness (QED) is 0.870. The molecule has 0 amide bonds. The second-order valence-electron chi connectivity index (χ2n) is 6.11. The molecule has 0 heterocycles. The van der Waals surface area contributed by atoms with Crippen LogP contribution in [-0.2, 0) is 6.54 Å². The Bertz CT molecular complexity index is 455. The van der Waals surface area contributed by atoms with Gasteiger partial charge in [-0.15, -0.1) is 0 Å². The van der Waals surface area contributed by atoms with Gasteiger partial charge in [-0.1, -0.05) is 23.7 Å². The lowest BCUT2D eigenvalue weighted by Gasteiger charge is -2.49. The van der Waals surface area contributed by atoms with Gasteiger partial charge in [-0.05, 0) is 52.0 Å². The van der Waals surface area contributed by atoms with Crippen LogP contribution in [0.3, 0.4) is 0 Å². The van der Waals surface area contributed by atoms with Crippen molar-refractivity contribution in [2.45, 2.75) is 31.3 Å². The lowest BCUT2D eigenvalue weighted by atomic mass is 9.75.